The van der Waals surface area contributed by atoms with Crippen LogP contribution in [0.15, 0.2) is 18.2 Å². The number of piperidine rings is 1. The fourth-order valence-corrected chi connectivity index (χ4v) is 4.13. The van der Waals surface area contributed by atoms with Gasteiger partial charge in [-0.05, 0) is 69.3 Å². The predicted molar refractivity (Wildman–Crippen MR) is 112 cm³/mol. The van der Waals surface area contributed by atoms with E-state index in [1.165, 1.54) is 0 Å². The van der Waals surface area contributed by atoms with Gasteiger partial charge in [0.1, 0.15) is 5.82 Å². The highest BCUT2D eigenvalue weighted by molar-refractivity contribution is 5.94. The number of hydrogen-bond donors (Lipinski definition) is 1. The van der Waals surface area contributed by atoms with Crippen molar-refractivity contribution >= 4 is 11.8 Å². The first-order valence-corrected chi connectivity index (χ1v) is 11.1. The van der Waals surface area contributed by atoms with Crippen LogP contribution in [0.4, 0.5) is 17.6 Å². The molecular formula is C23H31F4N3O2. The number of likely N-dealkylation sites (tertiary alicyclic amines) is 1. The van der Waals surface area contributed by atoms with Crippen LogP contribution in [0.1, 0.15) is 54.9 Å². The normalized spacial score (nSPS) is 18.9. The maximum absolute atomic E-state index is 13.5. The molecule has 5 nitrogen and oxygen atoms in total. The topological polar surface area (TPSA) is 52.6 Å². The molecule has 0 atom stereocenters. The van der Waals surface area contributed by atoms with Gasteiger partial charge in [-0.15, -0.1) is 0 Å². The van der Waals surface area contributed by atoms with Crippen LogP contribution in [0.5, 0.6) is 0 Å². The van der Waals surface area contributed by atoms with Crippen LogP contribution in [-0.4, -0.2) is 61.4 Å². The van der Waals surface area contributed by atoms with Crippen molar-refractivity contribution in [1.82, 2.24) is 15.1 Å². The van der Waals surface area contributed by atoms with E-state index in [2.05, 4.69) is 10.2 Å². The Kier molecular flexibility index (Phi) is 7.47. The first-order valence-electron chi connectivity index (χ1n) is 11.1. The van der Waals surface area contributed by atoms with Crippen molar-refractivity contribution in [2.75, 3.05) is 39.8 Å². The van der Waals surface area contributed by atoms with Crippen LogP contribution in [-0.2, 0) is 11.0 Å². The molecule has 3 rings (SSSR count). The first kappa shape index (κ1) is 24.5. The highest BCUT2D eigenvalue weighted by Gasteiger charge is 2.46. The van der Waals surface area contributed by atoms with Gasteiger partial charge in [0, 0.05) is 37.7 Å². The van der Waals surface area contributed by atoms with Crippen LogP contribution in [0.2, 0.25) is 0 Å². The second kappa shape index (κ2) is 9.77. The molecule has 0 radical (unpaired) electrons. The molecule has 9 heteroatoms. The van der Waals surface area contributed by atoms with Crippen molar-refractivity contribution in [3.05, 3.63) is 35.1 Å². The largest absolute Gasteiger partial charge is 0.416 e. The second-order valence-electron chi connectivity index (χ2n) is 9.34. The zero-order valence-corrected chi connectivity index (χ0v) is 18.6. The number of carbonyl (C=O) groups is 2. The van der Waals surface area contributed by atoms with E-state index in [0.29, 0.717) is 31.1 Å². The fraction of sp³-hybridized carbons (Fsp3) is 0.652. The average molecular weight is 458 g/mol. The van der Waals surface area contributed by atoms with Gasteiger partial charge >= 0.3 is 6.18 Å². The Morgan fingerprint density at radius 3 is 2.44 bits per heavy atom. The predicted octanol–water partition coefficient (Wildman–Crippen LogP) is 3.93. The number of rotatable bonds is 8. The summed E-state index contributed by atoms with van der Waals surface area (Å²) >= 11 is 0. The molecule has 2 amide bonds. The zero-order valence-electron chi connectivity index (χ0n) is 18.6. The Labute approximate surface area is 186 Å². The van der Waals surface area contributed by atoms with Gasteiger partial charge in [0.15, 0.2) is 0 Å². The van der Waals surface area contributed by atoms with Crippen LogP contribution in [0.25, 0.3) is 0 Å². The summed E-state index contributed by atoms with van der Waals surface area (Å²) in [5.41, 5.74) is -1.65. The maximum atomic E-state index is 13.5. The Balaban J connectivity index is 1.36. The zero-order chi connectivity index (χ0) is 23.5. The number of likely N-dealkylation sites (N-methyl/N-ethyl adjacent to an activating group) is 1. The lowest BCUT2D eigenvalue weighted by molar-refractivity contribution is -0.138. The summed E-state index contributed by atoms with van der Waals surface area (Å²) in [6, 6.07) is 1.86. The van der Waals surface area contributed by atoms with Crippen molar-refractivity contribution in [3.8, 4) is 0 Å². The van der Waals surface area contributed by atoms with Gasteiger partial charge in [-0.25, -0.2) is 4.39 Å². The summed E-state index contributed by atoms with van der Waals surface area (Å²) in [7, 11) is 1.86. The molecule has 0 aromatic heterocycles. The average Bonchev–Trinajstić information content (AvgIpc) is 3.49. The third-order valence-corrected chi connectivity index (χ3v) is 6.65. The first-order chi connectivity index (χ1) is 15.0. The molecule has 1 aromatic carbocycles. The number of benzene rings is 1. The van der Waals surface area contributed by atoms with Gasteiger partial charge < -0.3 is 15.1 Å². The number of carbonyl (C=O) groups excluding carboxylic acids is 2. The third-order valence-electron chi connectivity index (χ3n) is 6.65. The highest BCUT2D eigenvalue weighted by Crippen LogP contribution is 2.46. The van der Waals surface area contributed by atoms with E-state index < -0.39 is 23.5 Å². The van der Waals surface area contributed by atoms with Gasteiger partial charge in [0.05, 0.1) is 5.56 Å². The van der Waals surface area contributed by atoms with Gasteiger partial charge in [-0.1, -0.05) is 6.92 Å². The van der Waals surface area contributed by atoms with Crippen molar-refractivity contribution in [2.24, 2.45) is 11.3 Å². The van der Waals surface area contributed by atoms with Crippen molar-refractivity contribution < 1.29 is 27.2 Å². The molecule has 0 bridgehead atoms. The van der Waals surface area contributed by atoms with E-state index in [1.54, 1.807) is 0 Å². The van der Waals surface area contributed by atoms with Gasteiger partial charge in [0.25, 0.3) is 5.91 Å². The van der Waals surface area contributed by atoms with Crippen molar-refractivity contribution in [2.45, 2.75) is 45.2 Å². The SMILES string of the molecule is CN(CCN1CCC(CCNC(=O)c2cc(F)cc(C(F)(F)F)c2)CC1)C(=O)C1(C)CC1. The van der Waals surface area contributed by atoms with Gasteiger partial charge in [-0.3, -0.25) is 9.59 Å². The minimum atomic E-state index is -4.71. The second-order valence-corrected chi connectivity index (χ2v) is 9.34. The molecule has 0 unspecified atom stereocenters. The van der Waals surface area contributed by atoms with Crippen LogP contribution in [0, 0.1) is 17.2 Å². The summed E-state index contributed by atoms with van der Waals surface area (Å²) in [6.07, 6.45) is -0.116. The summed E-state index contributed by atoms with van der Waals surface area (Å²) in [5.74, 6) is -1.15. The number of hydrogen-bond acceptors (Lipinski definition) is 3. The van der Waals surface area contributed by atoms with Gasteiger partial charge in [-0.2, -0.15) is 13.2 Å². The highest BCUT2D eigenvalue weighted by atomic mass is 19.4. The number of amides is 2. The number of halogens is 4. The Morgan fingerprint density at radius 2 is 1.84 bits per heavy atom. The summed E-state index contributed by atoms with van der Waals surface area (Å²) in [6.45, 7) is 5.72. The summed E-state index contributed by atoms with van der Waals surface area (Å²) in [5, 5.41) is 2.61. The van der Waals surface area contributed by atoms with Gasteiger partial charge in [0.2, 0.25) is 5.91 Å². The third kappa shape index (κ3) is 6.43. The van der Waals surface area contributed by atoms with E-state index in [9.17, 15) is 27.2 Å². The number of alkyl halides is 3. The molecule has 1 N–H and O–H groups in total. The quantitative estimate of drug-likeness (QED) is 0.602. The Bertz CT molecular complexity index is 831. The van der Waals surface area contributed by atoms with Crippen LogP contribution >= 0.6 is 0 Å². The van der Waals surface area contributed by atoms with Crippen molar-refractivity contribution in [1.29, 1.82) is 0 Å². The molecular weight excluding hydrogens is 426 g/mol. The lowest BCUT2D eigenvalue weighted by Gasteiger charge is -2.33. The Hall–Kier alpha value is -2.16. The van der Waals surface area contributed by atoms with E-state index in [-0.39, 0.29) is 16.9 Å². The lowest BCUT2D eigenvalue weighted by atomic mass is 9.93. The Morgan fingerprint density at radius 1 is 1.19 bits per heavy atom. The van der Waals surface area contributed by atoms with E-state index in [4.69, 9.17) is 0 Å². The van der Waals surface area contributed by atoms with E-state index in [1.807, 2.05) is 18.9 Å². The summed E-state index contributed by atoms with van der Waals surface area (Å²) < 4.78 is 51.9. The molecule has 1 saturated carbocycles. The maximum Gasteiger partial charge on any atom is 0.416 e. The van der Waals surface area contributed by atoms with Crippen LogP contribution in [0.3, 0.4) is 0 Å². The lowest BCUT2D eigenvalue weighted by Crippen LogP contribution is -2.42. The summed E-state index contributed by atoms with van der Waals surface area (Å²) in [4.78, 5) is 28.6. The molecule has 1 aliphatic heterocycles. The minimum absolute atomic E-state index is 0.147. The molecule has 2 fully saturated rings. The fourth-order valence-electron chi connectivity index (χ4n) is 4.13. The monoisotopic (exact) mass is 457 g/mol. The molecule has 0 spiro atoms. The smallest absolute Gasteiger partial charge is 0.352 e. The molecule has 178 valence electrons. The van der Waals surface area contributed by atoms with E-state index >= 15 is 0 Å². The minimum Gasteiger partial charge on any atom is -0.352 e. The van der Waals surface area contributed by atoms with E-state index in [0.717, 1.165) is 57.8 Å². The molecule has 2 aliphatic rings. The van der Waals surface area contributed by atoms with Crippen molar-refractivity contribution in [3.63, 3.8) is 0 Å². The standard InChI is InChI=1S/C23H31F4N3O2/c1-22(6-7-22)21(32)29(2)11-12-30-9-4-16(5-10-30)3-8-28-20(31)17-13-18(23(25,26)27)15-19(24)14-17/h13-16H,3-12H2,1-2H3,(H,28,31). The number of nitrogens with one attached hydrogen (secondary N) is 1. The molecule has 1 aromatic rings. The number of nitrogens with zero attached hydrogens (tertiary/aromatic N) is 2. The molecule has 32 heavy (non-hydrogen) atoms. The molecule has 1 saturated heterocycles. The molecule has 1 aliphatic carbocycles. The van der Waals surface area contributed by atoms with Crippen LogP contribution < -0.4 is 5.32 Å². The molecule has 1 heterocycles.